The number of carbonyl (C=O) groups is 2. The molecule has 0 atom stereocenters. The van der Waals surface area contributed by atoms with Crippen LogP contribution in [0.5, 0.6) is 0 Å². The number of halogens is 1. The molecule has 1 aliphatic rings. The summed E-state index contributed by atoms with van der Waals surface area (Å²) in [7, 11) is 1.65. The normalized spacial score (nSPS) is 13.9. The van der Waals surface area contributed by atoms with E-state index in [1.807, 2.05) is 6.07 Å². The summed E-state index contributed by atoms with van der Waals surface area (Å²) in [6.45, 7) is 0.0406. The predicted molar refractivity (Wildman–Crippen MR) is 102 cm³/mol. The molecule has 0 unspecified atom stereocenters. The second-order valence-corrected chi connectivity index (χ2v) is 6.42. The van der Waals surface area contributed by atoms with Crippen molar-refractivity contribution in [2.75, 3.05) is 25.1 Å². The van der Waals surface area contributed by atoms with Crippen molar-refractivity contribution in [2.45, 2.75) is 0 Å². The maximum atomic E-state index is 13.1. The van der Waals surface area contributed by atoms with Gasteiger partial charge in [0.25, 0.3) is 11.8 Å². The van der Waals surface area contributed by atoms with E-state index in [1.165, 1.54) is 0 Å². The molecule has 1 heterocycles. The highest BCUT2D eigenvalue weighted by molar-refractivity contribution is 6.45. The molecule has 0 radical (unpaired) electrons. The monoisotopic (exact) mass is 381 g/mol. The van der Waals surface area contributed by atoms with E-state index < -0.39 is 11.8 Å². The Kier molecular flexibility index (Phi) is 5.26. The number of aliphatic hydroxyl groups excluding tert-OH is 1. The molecule has 2 aromatic carbocycles. The Morgan fingerprint density at radius 3 is 2.26 bits per heavy atom. The van der Waals surface area contributed by atoms with Crippen LogP contribution < -0.4 is 4.90 Å². The smallest absolute Gasteiger partial charge is 0.282 e. The lowest BCUT2D eigenvalue weighted by Crippen LogP contribution is -2.34. The number of likely N-dealkylation sites (N-methyl/N-ethyl adjacent to an activating group) is 1. The number of hydrogen-bond acceptors (Lipinski definition) is 5. The van der Waals surface area contributed by atoms with Crippen molar-refractivity contribution in [1.82, 2.24) is 4.90 Å². The Bertz CT molecular complexity index is 959. The average Bonchev–Trinajstić information content (AvgIpc) is 2.93. The summed E-state index contributed by atoms with van der Waals surface area (Å²) in [6, 6.07) is 14.9. The minimum atomic E-state index is -0.481. The molecule has 1 aliphatic heterocycles. The van der Waals surface area contributed by atoms with Crippen molar-refractivity contribution < 1.29 is 14.7 Å². The Balaban J connectivity index is 2.10. The first-order valence-electron chi connectivity index (χ1n) is 8.19. The Labute approximate surface area is 161 Å². The first-order valence-corrected chi connectivity index (χ1v) is 8.57. The molecule has 136 valence electrons. The number of amides is 2. The van der Waals surface area contributed by atoms with E-state index in [1.54, 1.807) is 60.5 Å². The van der Waals surface area contributed by atoms with E-state index in [2.05, 4.69) is 0 Å². The number of nitrogens with zero attached hydrogens (tertiary/aromatic N) is 3. The Hall–Kier alpha value is -3.14. The van der Waals surface area contributed by atoms with Crippen molar-refractivity contribution >= 4 is 34.7 Å². The van der Waals surface area contributed by atoms with Gasteiger partial charge in [0.2, 0.25) is 0 Å². The number of rotatable bonds is 5. The second kappa shape index (κ2) is 7.62. The highest BCUT2D eigenvalue weighted by atomic mass is 35.5. The van der Waals surface area contributed by atoms with E-state index in [9.17, 15) is 14.7 Å². The van der Waals surface area contributed by atoms with E-state index in [0.29, 0.717) is 21.8 Å². The van der Waals surface area contributed by atoms with Gasteiger partial charge in [-0.3, -0.25) is 9.59 Å². The van der Waals surface area contributed by atoms with Crippen LogP contribution in [0.4, 0.5) is 5.69 Å². The molecule has 7 heteroatoms. The van der Waals surface area contributed by atoms with Gasteiger partial charge in [0, 0.05) is 18.6 Å². The molecule has 0 fully saturated rings. The molecule has 3 rings (SSSR count). The van der Waals surface area contributed by atoms with E-state index in [4.69, 9.17) is 16.9 Å². The first kappa shape index (κ1) is 18.6. The number of hydrogen-bond donors (Lipinski definition) is 1. The third-order valence-electron chi connectivity index (χ3n) is 4.26. The maximum Gasteiger partial charge on any atom is 0.282 e. The third kappa shape index (κ3) is 3.43. The molecular formula is C20H16ClN3O3. The summed E-state index contributed by atoms with van der Waals surface area (Å²) in [6.07, 6.45) is 0. The van der Waals surface area contributed by atoms with Crippen molar-refractivity contribution in [3.8, 4) is 6.07 Å². The van der Waals surface area contributed by atoms with Crippen LogP contribution in [-0.4, -0.2) is 42.0 Å². The van der Waals surface area contributed by atoms with Crippen LogP contribution >= 0.6 is 11.6 Å². The van der Waals surface area contributed by atoms with Crippen molar-refractivity contribution in [3.63, 3.8) is 0 Å². The zero-order chi connectivity index (χ0) is 19.6. The van der Waals surface area contributed by atoms with Gasteiger partial charge in [0.1, 0.15) is 5.70 Å². The SMILES string of the molecule is CN(CCO)C1=C(c2ccc(Cl)cc2)C(=O)N(c2ccc(C#N)cc2)C1=O. The summed E-state index contributed by atoms with van der Waals surface area (Å²) in [5.74, 6) is -0.947. The number of aliphatic hydroxyl groups is 1. The molecule has 2 aromatic rings. The van der Waals surface area contributed by atoms with Gasteiger partial charge in [-0.15, -0.1) is 0 Å². The van der Waals surface area contributed by atoms with Crippen LogP contribution in [0.2, 0.25) is 5.02 Å². The summed E-state index contributed by atoms with van der Waals surface area (Å²) in [5, 5.41) is 18.7. The lowest BCUT2D eigenvalue weighted by atomic mass is 10.0. The molecule has 0 aromatic heterocycles. The van der Waals surface area contributed by atoms with Gasteiger partial charge in [-0.1, -0.05) is 23.7 Å². The predicted octanol–water partition coefficient (Wildman–Crippen LogP) is 2.42. The zero-order valence-electron chi connectivity index (χ0n) is 14.5. The molecular weight excluding hydrogens is 366 g/mol. The van der Waals surface area contributed by atoms with Crippen LogP contribution in [0.1, 0.15) is 11.1 Å². The number of imide groups is 1. The lowest BCUT2D eigenvalue weighted by Gasteiger charge is -2.20. The van der Waals surface area contributed by atoms with Crippen LogP contribution in [-0.2, 0) is 9.59 Å². The molecule has 0 aliphatic carbocycles. The van der Waals surface area contributed by atoms with Gasteiger partial charge in [-0.2, -0.15) is 5.26 Å². The van der Waals surface area contributed by atoms with Crippen LogP contribution in [0.25, 0.3) is 5.57 Å². The van der Waals surface area contributed by atoms with Crippen LogP contribution in [0.3, 0.4) is 0 Å². The molecule has 0 bridgehead atoms. The highest BCUT2D eigenvalue weighted by Gasteiger charge is 2.41. The Morgan fingerprint density at radius 2 is 1.70 bits per heavy atom. The molecule has 0 saturated carbocycles. The minimum Gasteiger partial charge on any atom is -0.395 e. The highest BCUT2D eigenvalue weighted by Crippen LogP contribution is 2.34. The van der Waals surface area contributed by atoms with E-state index in [0.717, 1.165) is 4.90 Å². The van der Waals surface area contributed by atoms with Crippen molar-refractivity contribution in [1.29, 1.82) is 5.26 Å². The molecule has 2 amide bonds. The second-order valence-electron chi connectivity index (χ2n) is 5.98. The van der Waals surface area contributed by atoms with Crippen molar-refractivity contribution in [3.05, 3.63) is 70.4 Å². The first-order chi connectivity index (χ1) is 13.0. The lowest BCUT2D eigenvalue weighted by molar-refractivity contribution is -0.120. The summed E-state index contributed by atoms with van der Waals surface area (Å²) in [5.41, 5.74) is 1.83. The van der Waals surface area contributed by atoms with E-state index >= 15 is 0 Å². The standard InChI is InChI=1S/C20H16ClN3O3/c1-23(10-11-25)18-17(14-4-6-15(21)7-5-14)19(26)24(20(18)27)16-8-2-13(12-22)3-9-16/h2-9,25H,10-11H2,1H3. The minimum absolute atomic E-state index is 0.160. The topological polar surface area (TPSA) is 84.6 Å². The fourth-order valence-electron chi connectivity index (χ4n) is 2.93. The molecule has 0 spiro atoms. The molecule has 27 heavy (non-hydrogen) atoms. The van der Waals surface area contributed by atoms with Gasteiger partial charge in [-0.05, 0) is 42.0 Å². The molecule has 6 nitrogen and oxygen atoms in total. The fourth-order valence-corrected chi connectivity index (χ4v) is 3.06. The number of benzene rings is 2. The summed E-state index contributed by atoms with van der Waals surface area (Å²) in [4.78, 5) is 28.8. The summed E-state index contributed by atoms with van der Waals surface area (Å²) < 4.78 is 0. The summed E-state index contributed by atoms with van der Waals surface area (Å²) >= 11 is 5.94. The van der Waals surface area contributed by atoms with Crippen LogP contribution in [0.15, 0.2) is 54.2 Å². The third-order valence-corrected chi connectivity index (χ3v) is 4.52. The fraction of sp³-hybridized carbons (Fsp3) is 0.150. The quantitative estimate of drug-likeness (QED) is 0.804. The largest absolute Gasteiger partial charge is 0.395 e. The van der Waals surface area contributed by atoms with Gasteiger partial charge in [0.05, 0.1) is 29.5 Å². The number of carbonyl (C=O) groups excluding carboxylic acids is 2. The number of nitriles is 1. The van der Waals surface area contributed by atoms with Gasteiger partial charge in [0.15, 0.2) is 0 Å². The average molecular weight is 382 g/mol. The van der Waals surface area contributed by atoms with Crippen molar-refractivity contribution in [2.24, 2.45) is 0 Å². The van der Waals surface area contributed by atoms with E-state index in [-0.39, 0.29) is 24.4 Å². The van der Waals surface area contributed by atoms with Gasteiger partial charge < -0.3 is 10.0 Å². The maximum absolute atomic E-state index is 13.1. The van der Waals surface area contributed by atoms with Gasteiger partial charge >= 0.3 is 0 Å². The number of anilines is 1. The zero-order valence-corrected chi connectivity index (χ0v) is 15.3. The molecule has 0 saturated heterocycles. The van der Waals surface area contributed by atoms with Gasteiger partial charge in [-0.25, -0.2) is 4.90 Å². The van der Waals surface area contributed by atoms with Crippen LogP contribution in [0, 0.1) is 11.3 Å². The molecule has 1 N–H and O–H groups in total. The Morgan fingerprint density at radius 1 is 1.07 bits per heavy atom.